The van der Waals surface area contributed by atoms with Gasteiger partial charge in [0.05, 0.1) is 30.1 Å². The average molecular weight is 404 g/mol. The highest BCUT2D eigenvalue weighted by Crippen LogP contribution is 2.47. The van der Waals surface area contributed by atoms with Gasteiger partial charge in [0.1, 0.15) is 11.9 Å². The van der Waals surface area contributed by atoms with Crippen LogP contribution in [0.5, 0.6) is 11.6 Å². The molecule has 0 spiro atoms. The molecule has 7 nitrogen and oxygen atoms in total. The quantitative estimate of drug-likeness (QED) is 0.816. The van der Waals surface area contributed by atoms with Gasteiger partial charge in [-0.15, -0.1) is 0 Å². The zero-order chi connectivity index (χ0) is 21.4. The predicted molar refractivity (Wildman–Crippen MR) is 113 cm³/mol. The topological polar surface area (TPSA) is 101 Å². The van der Waals surface area contributed by atoms with Crippen LogP contribution in [0.3, 0.4) is 0 Å². The maximum atomic E-state index is 12.3. The number of benzene rings is 1. The van der Waals surface area contributed by atoms with Gasteiger partial charge in [-0.25, -0.2) is 4.98 Å². The number of nitrogens with zero attached hydrogens (tertiary/aromatic N) is 3. The number of rotatable bonds is 5. The molecule has 1 amide bonds. The van der Waals surface area contributed by atoms with Gasteiger partial charge in [0, 0.05) is 35.5 Å². The Morgan fingerprint density at radius 1 is 1.33 bits per heavy atom. The van der Waals surface area contributed by atoms with E-state index in [9.17, 15) is 10.1 Å². The lowest BCUT2D eigenvalue weighted by Gasteiger charge is -2.36. The molecule has 4 rings (SSSR count). The summed E-state index contributed by atoms with van der Waals surface area (Å²) >= 11 is 0. The minimum Gasteiger partial charge on any atom is -0.495 e. The van der Waals surface area contributed by atoms with Crippen molar-refractivity contribution in [3.05, 3.63) is 52.4 Å². The van der Waals surface area contributed by atoms with Gasteiger partial charge >= 0.3 is 0 Å². The highest BCUT2D eigenvalue weighted by atomic mass is 16.5. The SMILES string of the molecule is COc1cc(C#N)ccc1N1C(C)=C(C(N)=O)Cc2c(OC3CCC3)ncc(C)c21. The number of carbonyl (C=O) groups is 1. The predicted octanol–water partition coefficient (Wildman–Crippen LogP) is 3.66. The smallest absolute Gasteiger partial charge is 0.246 e. The highest BCUT2D eigenvalue weighted by Gasteiger charge is 2.33. The normalized spacial score (nSPS) is 15.9. The molecular weight excluding hydrogens is 380 g/mol. The van der Waals surface area contributed by atoms with Gasteiger partial charge in [0.15, 0.2) is 0 Å². The van der Waals surface area contributed by atoms with Crippen molar-refractivity contribution in [2.24, 2.45) is 5.73 Å². The molecule has 2 aliphatic rings. The van der Waals surface area contributed by atoms with Gasteiger partial charge in [-0.05, 0) is 50.8 Å². The van der Waals surface area contributed by atoms with E-state index in [0.717, 1.165) is 47.5 Å². The molecule has 1 aromatic heterocycles. The number of allylic oxidation sites excluding steroid dienone is 1. The first-order valence-electron chi connectivity index (χ1n) is 9.97. The molecule has 1 aliphatic heterocycles. The van der Waals surface area contributed by atoms with Crippen molar-refractivity contribution in [2.75, 3.05) is 12.0 Å². The number of nitriles is 1. The van der Waals surface area contributed by atoms with E-state index in [0.29, 0.717) is 29.2 Å². The van der Waals surface area contributed by atoms with E-state index in [1.54, 1.807) is 25.4 Å². The van der Waals surface area contributed by atoms with Crippen LogP contribution >= 0.6 is 0 Å². The Hall–Kier alpha value is -3.53. The van der Waals surface area contributed by atoms with Crippen LogP contribution in [0.2, 0.25) is 0 Å². The zero-order valence-electron chi connectivity index (χ0n) is 17.4. The lowest BCUT2D eigenvalue weighted by atomic mass is 9.93. The second kappa shape index (κ2) is 7.71. The average Bonchev–Trinajstić information content (AvgIpc) is 2.71. The number of hydrogen-bond acceptors (Lipinski definition) is 6. The Kier molecular flexibility index (Phi) is 5.08. The number of hydrogen-bond donors (Lipinski definition) is 1. The molecule has 2 aromatic rings. The molecule has 30 heavy (non-hydrogen) atoms. The molecular formula is C23H24N4O3. The monoisotopic (exact) mass is 404 g/mol. The van der Waals surface area contributed by atoms with Crippen LogP contribution in [0.15, 0.2) is 35.7 Å². The van der Waals surface area contributed by atoms with Gasteiger partial charge in [0.25, 0.3) is 0 Å². The molecule has 1 aromatic carbocycles. The number of aromatic nitrogens is 1. The van der Waals surface area contributed by atoms with E-state index in [-0.39, 0.29) is 6.10 Å². The minimum atomic E-state index is -0.480. The van der Waals surface area contributed by atoms with Gasteiger partial charge in [-0.1, -0.05) is 0 Å². The van der Waals surface area contributed by atoms with Crippen LogP contribution in [-0.2, 0) is 11.2 Å². The second-order valence-electron chi connectivity index (χ2n) is 7.68. The van der Waals surface area contributed by atoms with Crippen LogP contribution in [-0.4, -0.2) is 24.1 Å². The molecule has 0 unspecified atom stereocenters. The highest BCUT2D eigenvalue weighted by molar-refractivity contribution is 5.97. The summed E-state index contributed by atoms with van der Waals surface area (Å²) in [4.78, 5) is 18.8. The second-order valence-corrected chi connectivity index (χ2v) is 7.68. The van der Waals surface area contributed by atoms with E-state index < -0.39 is 5.91 Å². The van der Waals surface area contributed by atoms with Crippen molar-refractivity contribution in [3.8, 4) is 17.7 Å². The summed E-state index contributed by atoms with van der Waals surface area (Å²) in [5.74, 6) is 0.596. The van der Waals surface area contributed by atoms with Crippen molar-refractivity contribution in [1.82, 2.24) is 4.98 Å². The number of ether oxygens (including phenoxy) is 2. The van der Waals surface area contributed by atoms with E-state index in [2.05, 4.69) is 11.1 Å². The number of primary amides is 1. The molecule has 1 aliphatic carbocycles. The van der Waals surface area contributed by atoms with E-state index in [1.165, 1.54) is 0 Å². The van der Waals surface area contributed by atoms with Crippen molar-refractivity contribution in [1.29, 1.82) is 5.26 Å². The lowest BCUT2D eigenvalue weighted by molar-refractivity contribution is -0.114. The first-order chi connectivity index (χ1) is 14.4. The molecule has 0 atom stereocenters. The lowest BCUT2D eigenvalue weighted by Crippen LogP contribution is -2.31. The first kappa shape index (κ1) is 19.8. The number of aryl methyl sites for hydroxylation is 1. The number of amides is 1. The summed E-state index contributed by atoms with van der Waals surface area (Å²) in [6.07, 6.45) is 5.48. The van der Waals surface area contributed by atoms with Crippen LogP contribution in [0.1, 0.15) is 42.9 Å². The molecule has 2 heterocycles. The van der Waals surface area contributed by atoms with Gasteiger partial charge in [-0.3, -0.25) is 4.79 Å². The molecule has 154 valence electrons. The summed E-state index contributed by atoms with van der Waals surface area (Å²) < 4.78 is 11.7. The number of anilines is 2. The van der Waals surface area contributed by atoms with Gasteiger partial charge in [-0.2, -0.15) is 5.26 Å². The molecule has 0 saturated heterocycles. The van der Waals surface area contributed by atoms with Crippen LogP contribution in [0.4, 0.5) is 11.4 Å². The molecule has 0 bridgehead atoms. The maximum Gasteiger partial charge on any atom is 0.246 e. The zero-order valence-corrected chi connectivity index (χ0v) is 17.4. The number of nitrogens with two attached hydrogens (primary N) is 1. The summed E-state index contributed by atoms with van der Waals surface area (Å²) in [6, 6.07) is 7.36. The molecule has 1 saturated carbocycles. The summed E-state index contributed by atoms with van der Waals surface area (Å²) in [5, 5.41) is 9.26. The molecule has 7 heteroatoms. The minimum absolute atomic E-state index is 0.159. The Bertz CT molecular complexity index is 1100. The standard InChI is InChI=1S/C23H24N4O3/c1-13-12-26-23(30-16-5-4-6-16)18-10-17(22(25)28)14(2)27(21(13)18)19-8-7-15(11-24)9-20(19)29-3/h7-9,12,16H,4-6,10H2,1-3H3,(H2,25,28). The Morgan fingerprint density at radius 2 is 2.10 bits per heavy atom. The fraction of sp³-hybridized carbons (Fsp3) is 0.348. The van der Waals surface area contributed by atoms with Crippen molar-refractivity contribution in [2.45, 2.75) is 45.6 Å². The third-order valence-corrected chi connectivity index (χ3v) is 5.82. The van der Waals surface area contributed by atoms with Crippen LogP contribution < -0.4 is 20.1 Å². The van der Waals surface area contributed by atoms with Gasteiger partial charge in [0.2, 0.25) is 11.8 Å². The third kappa shape index (κ3) is 3.24. The fourth-order valence-corrected chi connectivity index (χ4v) is 3.96. The molecule has 1 fully saturated rings. The largest absolute Gasteiger partial charge is 0.495 e. The number of pyridine rings is 1. The van der Waals surface area contributed by atoms with E-state index in [1.807, 2.05) is 24.8 Å². The van der Waals surface area contributed by atoms with Crippen LogP contribution in [0, 0.1) is 18.3 Å². The van der Waals surface area contributed by atoms with Crippen molar-refractivity contribution >= 4 is 17.3 Å². The van der Waals surface area contributed by atoms with Crippen LogP contribution in [0.25, 0.3) is 0 Å². The van der Waals surface area contributed by atoms with Gasteiger partial charge < -0.3 is 20.1 Å². The first-order valence-corrected chi connectivity index (χ1v) is 9.97. The summed E-state index contributed by atoms with van der Waals surface area (Å²) in [5.41, 5.74) is 10.9. The van der Waals surface area contributed by atoms with E-state index in [4.69, 9.17) is 15.2 Å². The number of methoxy groups -OCH3 is 1. The third-order valence-electron chi connectivity index (χ3n) is 5.82. The Morgan fingerprint density at radius 3 is 2.70 bits per heavy atom. The summed E-state index contributed by atoms with van der Waals surface area (Å²) in [6.45, 7) is 3.84. The number of fused-ring (bicyclic) bond motifs is 1. The molecule has 2 N–H and O–H groups in total. The molecule has 0 radical (unpaired) electrons. The maximum absolute atomic E-state index is 12.3. The Labute approximate surface area is 175 Å². The van der Waals surface area contributed by atoms with Crippen molar-refractivity contribution in [3.63, 3.8) is 0 Å². The van der Waals surface area contributed by atoms with Crippen molar-refractivity contribution < 1.29 is 14.3 Å². The fourth-order valence-electron chi connectivity index (χ4n) is 3.96. The number of carbonyl (C=O) groups excluding carboxylic acids is 1. The summed E-state index contributed by atoms with van der Waals surface area (Å²) in [7, 11) is 1.56. The van der Waals surface area contributed by atoms with E-state index >= 15 is 0 Å². The Balaban J connectivity index is 1.93.